The molecule has 0 unspecified atom stereocenters. The minimum absolute atomic E-state index is 0.295. The van der Waals surface area contributed by atoms with Crippen LogP contribution < -0.4 is 10.5 Å². The summed E-state index contributed by atoms with van der Waals surface area (Å²) in [5, 5.41) is 0. The molecule has 0 fully saturated rings. The lowest BCUT2D eigenvalue weighted by atomic mass is 10.1. The number of hydrogen-bond acceptors (Lipinski definition) is 6. The van der Waals surface area contributed by atoms with Crippen LogP contribution in [0.5, 0.6) is 6.01 Å². The zero-order chi connectivity index (χ0) is 19.4. The summed E-state index contributed by atoms with van der Waals surface area (Å²) in [5.74, 6) is 0.326. The first-order valence-electron chi connectivity index (χ1n) is 9.02. The molecular weight excluding hydrogens is 408 g/mol. The van der Waals surface area contributed by atoms with Crippen molar-refractivity contribution in [1.82, 2.24) is 24.4 Å². The molecule has 3 aromatic rings. The van der Waals surface area contributed by atoms with Gasteiger partial charge in [-0.3, -0.25) is 4.57 Å². The largest absolute Gasteiger partial charge is 0.463 e. The zero-order valence-corrected chi connectivity index (χ0v) is 17.5. The van der Waals surface area contributed by atoms with Gasteiger partial charge in [-0.25, -0.2) is 4.98 Å². The van der Waals surface area contributed by atoms with E-state index in [4.69, 9.17) is 10.5 Å². The Morgan fingerprint density at radius 2 is 1.96 bits per heavy atom. The first kappa shape index (κ1) is 19.6. The van der Waals surface area contributed by atoms with Gasteiger partial charge in [-0.15, -0.1) is 0 Å². The Morgan fingerprint density at radius 1 is 1.19 bits per heavy atom. The third kappa shape index (κ3) is 4.75. The van der Waals surface area contributed by atoms with E-state index in [0.29, 0.717) is 40.9 Å². The molecule has 2 heterocycles. The fourth-order valence-electron chi connectivity index (χ4n) is 2.86. The Hall–Kier alpha value is -2.19. The van der Waals surface area contributed by atoms with Gasteiger partial charge < -0.3 is 15.4 Å². The van der Waals surface area contributed by atoms with Crippen LogP contribution in [0, 0.1) is 0 Å². The highest BCUT2D eigenvalue weighted by Gasteiger charge is 2.16. The van der Waals surface area contributed by atoms with Gasteiger partial charge in [-0.2, -0.15) is 9.97 Å². The van der Waals surface area contributed by atoms with Crippen molar-refractivity contribution in [3.05, 3.63) is 40.1 Å². The molecule has 0 amide bonds. The lowest BCUT2D eigenvalue weighted by Crippen LogP contribution is -2.11. The van der Waals surface area contributed by atoms with E-state index >= 15 is 0 Å². The molecule has 2 N–H and O–H groups in total. The molecule has 0 aliphatic rings. The second-order valence-electron chi connectivity index (χ2n) is 6.79. The topological polar surface area (TPSA) is 82.1 Å². The normalized spacial score (nSPS) is 11.4. The third-order valence-electron chi connectivity index (χ3n) is 4.11. The second-order valence-corrected chi connectivity index (χ2v) is 7.50. The van der Waals surface area contributed by atoms with Crippen molar-refractivity contribution in [2.45, 2.75) is 32.9 Å². The van der Waals surface area contributed by atoms with Gasteiger partial charge in [0.2, 0.25) is 0 Å². The van der Waals surface area contributed by atoms with Gasteiger partial charge >= 0.3 is 6.01 Å². The lowest BCUT2D eigenvalue weighted by Gasteiger charge is -2.12. The van der Waals surface area contributed by atoms with E-state index in [-0.39, 0.29) is 0 Å². The van der Waals surface area contributed by atoms with Crippen LogP contribution in [0.15, 0.2) is 29.0 Å². The first-order valence-corrected chi connectivity index (χ1v) is 9.81. The minimum Gasteiger partial charge on any atom is -0.463 e. The number of halogens is 1. The van der Waals surface area contributed by atoms with Gasteiger partial charge in [0.1, 0.15) is 0 Å². The average Bonchev–Trinajstić information content (AvgIpc) is 2.92. The SMILES string of the molecule is CCCCOc1nc(N)c2nc(Br)n(Cc3cccc(CN(C)C)c3)c2n1. The Kier molecular flexibility index (Phi) is 6.28. The first-order chi connectivity index (χ1) is 13.0. The fourth-order valence-corrected chi connectivity index (χ4v) is 3.33. The van der Waals surface area contributed by atoms with Gasteiger partial charge in [-0.1, -0.05) is 37.6 Å². The van der Waals surface area contributed by atoms with Crippen molar-refractivity contribution >= 4 is 32.9 Å². The highest BCUT2D eigenvalue weighted by Crippen LogP contribution is 2.25. The number of imidazole rings is 1. The number of unbranched alkanes of at least 4 members (excludes halogenated alkanes) is 1. The number of rotatable bonds is 8. The van der Waals surface area contributed by atoms with Crippen molar-refractivity contribution < 1.29 is 4.74 Å². The van der Waals surface area contributed by atoms with Gasteiger partial charge in [0.25, 0.3) is 0 Å². The van der Waals surface area contributed by atoms with Crippen molar-refractivity contribution in [2.24, 2.45) is 0 Å². The van der Waals surface area contributed by atoms with Crippen LogP contribution in [0.25, 0.3) is 11.2 Å². The van der Waals surface area contributed by atoms with Crippen LogP contribution >= 0.6 is 15.9 Å². The molecule has 27 heavy (non-hydrogen) atoms. The van der Waals surface area contributed by atoms with Crippen LogP contribution in [0.3, 0.4) is 0 Å². The molecule has 0 saturated heterocycles. The molecular formula is C19H25BrN6O. The van der Waals surface area contributed by atoms with E-state index < -0.39 is 0 Å². The third-order valence-corrected chi connectivity index (χ3v) is 4.72. The van der Waals surface area contributed by atoms with Crippen LogP contribution in [-0.2, 0) is 13.1 Å². The molecule has 2 aromatic heterocycles. The van der Waals surface area contributed by atoms with E-state index in [2.05, 4.69) is 81.1 Å². The molecule has 0 atom stereocenters. The number of nitrogens with two attached hydrogens (primary N) is 1. The number of nitrogens with zero attached hydrogens (tertiary/aromatic N) is 5. The molecule has 3 rings (SSSR count). The highest BCUT2D eigenvalue weighted by atomic mass is 79.9. The summed E-state index contributed by atoms with van der Waals surface area (Å²) in [4.78, 5) is 15.4. The molecule has 8 heteroatoms. The molecule has 0 saturated carbocycles. The van der Waals surface area contributed by atoms with Crippen LogP contribution in [-0.4, -0.2) is 45.1 Å². The molecule has 0 bridgehead atoms. The standard InChI is InChI=1S/C19H25BrN6O/c1-4-5-9-27-19-23-16(21)15-17(24-19)26(18(20)22-15)12-14-8-6-7-13(10-14)11-25(2)3/h6-8,10H,4-5,9,11-12H2,1-3H3,(H2,21,23,24). The maximum atomic E-state index is 6.08. The minimum atomic E-state index is 0.295. The lowest BCUT2D eigenvalue weighted by molar-refractivity contribution is 0.286. The summed E-state index contributed by atoms with van der Waals surface area (Å²) in [5.41, 5.74) is 9.75. The molecule has 0 radical (unpaired) electrons. The van der Waals surface area contributed by atoms with Crippen molar-refractivity contribution in [2.75, 3.05) is 26.4 Å². The molecule has 7 nitrogen and oxygen atoms in total. The van der Waals surface area contributed by atoms with E-state index in [1.807, 2.05) is 4.57 Å². The molecule has 0 aliphatic carbocycles. The van der Waals surface area contributed by atoms with Crippen molar-refractivity contribution in [3.63, 3.8) is 0 Å². The maximum absolute atomic E-state index is 6.08. The Morgan fingerprint density at radius 3 is 2.70 bits per heavy atom. The number of hydrogen-bond donors (Lipinski definition) is 1. The van der Waals surface area contributed by atoms with Crippen molar-refractivity contribution in [1.29, 1.82) is 0 Å². The fraction of sp³-hybridized carbons (Fsp3) is 0.421. The smallest absolute Gasteiger partial charge is 0.320 e. The van der Waals surface area contributed by atoms with E-state index in [9.17, 15) is 0 Å². The highest BCUT2D eigenvalue weighted by molar-refractivity contribution is 9.10. The average molecular weight is 433 g/mol. The van der Waals surface area contributed by atoms with Gasteiger partial charge in [-0.05, 0) is 47.6 Å². The van der Waals surface area contributed by atoms with Crippen LogP contribution in [0.2, 0.25) is 0 Å². The Bertz CT molecular complexity index is 924. The second kappa shape index (κ2) is 8.67. The van der Waals surface area contributed by atoms with Crippen LogP contribution in [0.1, 0.15) is 30.9 Å². The summed E-state index contributed by atoms with van der Waals surface area (Å²) >= 11 is 3.53. The monoisotopic (exact) mass is 432 g/mol. The zero-order valence-electron chi connectivity index (χ0n) is 15.9. The Balaban J connectivity index is 1.92. The van der Waals surface area contributed by atoms with Crippen LogP contribution in [0.4, 0.5) is 5.82 Å². The summed E-state index contributed by atoms with van der Waals surface area (Å²) in [6.07, 6.45) is 1.99. The van der Waals surface area contributed by atoms with E-state index in [1.165, 1.54) is 11.1 Å². The summed E-state index contributed by atoms with van der Waals surface area (Å²) in [6.45, 7) is 4.20. The Labute approximate surface area is 167 Å². The van der Waals surface area contributed by atoms with Gasteiger partial charge in [0.15, 0.2) is 21.7 Å². The molecule has 144 valence electrons. The molecule has 0 aliphatic heterocycles. The number of ether oxygens (including phenoxy) is 1. The summed E-state index contributed by atoms with van der Waals surface area (Å²) in [6, 6.07) is 8.79. The summed E-state index contributed by atoms with van der Waals surface area (Å²) < 4.78 is 8.30. The van der Waals surface area contributed by atoms with E-state index in [0.717, 1.165) is 19.4 Å². The predicted molar refractivity (Wildman–Crippen MR) is 111 cm³/mol. The number of aromatic nitrogens is 4. The van der Waals surface area contributed by atoms with Gasteiger partial charge in [0, 0.05) is 6.54 Å². The number of anilines is 1. The quantitative estimate of drug-likeness (QED) is 0.433. The molecule has 1 aromatic carbocycles. The number of fused-ring (bicyclic) bond motifs is 1. The van der Waals surface area contributed by atoms with Gasteiger partial charge in [0.05, 0.1) is 13.2 Å². The van der Waals surface area contributed by atoms with E-state index in [1.54, 1.807) is 0 Å². The van der Waals surface area contributed by atoms with Crippen molar-refractivity contribution in [3.8, 4) is 6.01 Å². The summed E-state index contributed by atoms with van der Waals surface area (Å²) in [7, 11) is 4.12. The maximum Gasteiger partial charge on any atom is 0.320 e. The molecule has 0 spiro atoms. The number of benzene rings is 1. The number of nitrogen functional groups attached to an aromatic ring is 1. The predicted octanol–water partition coefficient (Wildman–Crippen LogP) is 3.46.